The molecular formula is C13H19NO2S. The number of nitrogens with zero attached hydrogens (tertiary/aromatic N) is 1. The molecule has 0 saturated heterocycles. The van der Waals surface area contributed by atoms with E-state index in [2.05, 4.69) is 18.7 Å². The Bertz CT molecular complexity index is 393. The lowest BCUT2D eigenvalue weighted by molar-refractivity contribution is -0.127. The number of amides is 1. The predicted octanol–water partition coefficient (Wildman–Crippen LogP) is 1.93. The summed E-state index contributed by atoms with van der Waals surface area (Å²) in [6.07, 6.45) is 0.848. The maximum absolute atomic E-state index is 11.3. The lowest BCUT2D eigenvalue weighted by Gasteiger charge is -2.16. The van der Waals surface area contributed by atoms with E-state index in [1.54, 1.807) is 19.1 Å². The molecule has 0 saturated carbocycles. The van der Waals surface area contributed by atoms with Crippen LogP contribution < -0.4 is 4.74 Å². The van der Waals surface area contributed by atoms with Gasteiger partial charge in [-0.15, -0.1) is 0 Å². The summed E-state index contributed by atoms with van der Waals surface area (Å²) in [6, 6.07) is 6.09. The molecule has 0 heterocycles. The molecule has 0 N–H and O–H groups in total. The third-order valence-corrected chi connectivity index (χ3v) is 3.03. The molecule has 0 spiro atoms. The number of hydrogen-bond acceptors (Lipinski definition) is 3. The van der Waals surface area contributed by atoms with Crippen LogP contribution in [-0.4, -0.2) is 37.3 Å². The van der Waals surface area contributed by atoms with E-state index in [1.807, 2.05) is 19.1 Å². The van der Waals surface area contributed by atoms with Crippen molar-refractivity contribution in [2.75, 3.05) is 26.5 Å². The fourth-order valence-corrected chi connectivity index (χ4v) is 1.88. The zero-order chi connectivity index (χ0) is 12.8. The topological polar surface area (TPSA) is 29.5 Å². The van der Waals surface area contributed by atoms with Gasteiger partial charge in [-0.3, -0.25) is 4.79 Å². The molecule has 4 heteroatoms. The summed E-state index contributed by atoms with van der Waals surface area (Å²) < 4.78 is 5.21. The summed E-state index contributed by atoms with van der Waals surface area (Å²) in [6.45, 7) is 2.73. The van der Waals surface area contributed by atoms with Crippen molar-refractivity contribution in [1.29, 1.82) is 0 Å². The van der Waals surface area contributed by atoms with E-state index in [1.165, 1.54) is 5.56 Å². The molecule has 0 aliphatic carbocycles. The average Bonchev–Trinajstić information content (AvgIpc) is 2.35. The molecule has 0 radical (unpaired) electrons. The standard InChI is InChI=1S/C13H19NO2S/c1-10-8-11(4-5-12(10)16-3)6-7-14(2)13(15)9-17/h4-5,8,17H,6-7,9H2,1-3H3. The van der Waals surface area contributed by atoms with Gasteiger partial charge in [-0.1, -0.05) is 12.1 Å². The first-order valence-electron chi connectivity index (χ1n) is 5.56. The molecule has 3 nitrogen and oxygen atoms in total. The first-order chi connectivity index (χ1) is 8.08. The van der Waals surface area contributed by atoms with Crippen molar-refractivity contribution in [2.45, 2.75) is 13.3 Å². The number of benzene rings is 1. The van der Waals surface area contributed by atoms with Gasteiger partial charge in [0.15, 0.2) is 0 Å². The first kappa shape index (κ1) is 13.9. The van der Waals surface area contributed by atoms with E-state index in [9.17, 15) is 4.79 Å². The average molecular weight is 253 g/mol. The van der Waals surface area contributed by atoms with Crippen molar-refractivity contribution in [3.8, 4) is 5.75 Å². The second kappa shape index (κ2) is 6.55. The second-order valence-corrected chi connectivity index (χ2v) is 4.34. The second-order valence-electron chi connectivity index (χ2n) is 4.03. The zero-order valence-corrected chi connectivity index (χ0v) is 11.5. The van der Waals surface area contributed by atoms with Gasteiger partial charge >= 0.3 is 0 Å². The van der Waals surface area contributed by atoms with Crippen molar-refractivity contribution in [1.82, 2.24) is 4.90 Å². The molecule has 1 aromatic carbocycles. The number of hydrogen-bond donors (Lipinski definition) is 1. The molecule has 0 bridgehead atoms. The highest BCUT2D eigenvalue weighted by molar-refractivity contribution is 7.81. The van der Waals surface area contributed by atoms with E-state index >= 15 is 0 Å². The van der Waals surface area contributed by atoms with Crippen molar-refractivity contribution in [2.24, 2.45) is 0 Å². The third kappa shape index (κ3) is 3.97. The van der Waals surface area contributed by atoms with Gasteiger partial charge in [0.2, 0.25) is 5.91 Å². The molecule has 1 rings (SSSR count). The molecule has 0 aromatic heterocycles. The number of carbonyl (C=O) groups is 1. The number of rotatable bonds is 5. The van der Waals surface area contributed by atoms with Crippen LogP contribution in [0.15, 0.2) is 18.2 Å². The van der Waals surface area contributed by atoms with Crippen LogP contribution in [-0.2, 0) is 11.2 Å². The van der Waals surface area contributed by atoms with Crippen LogP contribution in [0.3, 0.4) is 0 Å². The Morgan fingerprint density at radius 1 is 1.47 bits per heavy atom. The Morgan fingerprint density at radius 3 is 2.71 bits per heavy atom. The van der Waals surface area contributed by atoms with E-state index in [4.69, 9.17) is 4.74 Å². The van der Waals surface area contributed by atoms with Crippen molar-refractivity contribution < 1.29 is 9.53 Å². The molecule has 0 fully saturated rings. The fourth-order valence-electron chi connectivity index (χ4n) is 1.64. The predicted molar refractivity (Wildman–Crippen MR) is 72.9 cm³/mol. The Hall–Kier alpha value is -1.16. The van der Waals surface area contributed by atoms with Crippen LogP contribution in [0, 0.1) is 6.92 Å². The van der Waals surface area contributed by atoms with Gasteiger partial charge in [0.25, 0.3) is 0 Å². The normalized spacial score (nSPS) is 10.1. The Morgan fingerprint density at radius 2 is 2.18 bits per heavy atom. The van der Waals surface area contributed by atoms with Gasteiger partial charge in [-0.2, -0.15) is 12.6 Å². The fraction of sp³-hybridized carbons (Fsp3) is 0.462. The van der Waals surface area contributed by atoms with Gasteiger partial charge < -0.3 is 9.64 Å². The highest BCUT2D eigenvalue weighted by Crippen LogP contribution is 2.18. The summed E-state index contributed by atoms with van der Waals surface area (Å²) >= 11 is 3.97. The maximum atomic E-state index is 11.3. The van der Waals surface area contributed by atoms with Crippen LogP contribution in [0.1, 0.15) is 11.1 Å². The van der Waals surface area contributed by atoms with Crippen LogP contribution in [0.25, 0.3) is 0 Å². The highest BCUT2D eigenvalue weighted by Gasteiger charge is 2.06. The van der Waals surface area contributed by atoms with Crippen LogP contribution in [0.4, 0.5) is 0 Å². The van der Waals surface area contributed by atoms with Crippen molar-refractivity contribution in [3.05, 3.63) is 29.3 Å². The summed E-state index contributed by atoms with van der Waals surface area (Å²) in [5, 5.41) is 0. The lowest BCUT2D eigenvalue weighted by atomic mass is 10.1. The molecule has 1 aromatic rings. The SMILES string of the molecule is COc1ccc(CCN(C)C(=O)CS)cc1C. The minimum Gasteiger partial charge on any atom is -0.496 e. The summed E-state index contributed by atoms with van der Waals surface area (Å²) in [5.74, 6) is 1.21. The first-order valence-corrected chi connectivity index (χ1v) is 6.20. The molecule has 94 valence electrons. The monoisotopic (exact) mass is 253 g/mol. The highest BCUT2D eigenvalue weighted by atomic mass is 32.1. The Kier molecular flexibility index (Phi) is 5.35. The Balaban J connectivity index is 2.58. The van der Waals surface area contributed by atoms with Crippen LogP contribution >= 0.6 is 12.6 Å². The van der Waals surface area contributed by atoms with E-state index in [0.29, 0.717) is 6.54 Å². The molecule has 0 unspecified atom stereocenters. The minimum absolute atomic E-state index is 0.0542. The van der Waals surface area contributed by atoms with Gasteiger partial charge in [-0.05, 0) is 30.5 Å². The van der Waals surface area contributed by atoms with Crippen LogP contribution in [0.2, 0.25) is 0 Å². The van der Waals surface area contributed by atoms with Gasteiger partial charge in [0.1, 0.15) is 5.75 Å². The summed E-state index contributed by atoms with van der Waals surface area (Å²) in [4.78, 5) is 13.0. The third-order valence-electron chi connectivity index (χ3n) is 2.76. The largest absolute Gasteiger partial charge is 0.496 e. The molecule has 0 aliphatic heterocycles. The van der Waals surface area contributed by atoms with Crippen molar-refractivity contribution >= 4 is 18.5 Å². The number of aryl methyl sites for hydroxylation is 1. The molecule has 1 amide bonds. The van der Waals surface area contributed by atoms with Crippen molar-refractivity contribution in [3.63, 3.8) is 0 Å². The van der Waals surface area contributed by atoms with Gasteiger partial charge in [0, 0.05) is 13.6 Å². The quantitative estimate of drug-likeness (QED) is 0.813. The van der Waals surface area contributed by atoms with Crippen LogP contribution in [0.5, 0.6) is 5.75 Å². The van der Waals surface area contributed by atoms with E-state index < -0.39 is 0 Å². The number of ether oxygens (including phenoxy) is 1. The van der Waals surface area contributed by atoms with Gasteiger partial charge in [-0.25, -0.2) is 0 Å². The summed E-state index contributed by atoms with van der Waals surface area (Å²) in [7, 11) is 3.47. The zero-order valence-electron chi connectivity index (χ0n) is 10.6. The molecule has 17 heavy (non-hydrogen) atoms. The van der Waals surface area contributed by atoms with Gasteiger partial charge in [0.05, 0.1) is 12.9 Å². The maximum Gasteiger partial charge on any atom is 0.232 e. The number of methoxy groups -OCH3 is 1. The molecule has 0 atom stereocenters. The molecule has 0 aliphatic rings. The van der Waals surface area contributed by atoms with E-state index in [-0.39, 0.29) is 11.7 Å². The smallest absolute Gasteiger partial charge is 0.232 e. The Labute approximate surface area is 108 Å². The number of thiol groups is 1. The number of likely N-dealkylation sites (N-methyl/N-ethyl adjacent to an activating group) is 1. The number of carbonyl (C=O) groups excluding carboxylic acids is 1. The lowest BCUT2D eigenvalue weighted by Crippen LogP contribution is -2.29. The minimum atomic E-state index is 0.0542. The molecular weight excluding hydrogens is 234 g/mol. The summed E-state index contributed by atoms with van der Waals surface area (Å²) in [5.41, 5.74) is 2.33. The van der Waals surface area contributed by atoms with E-state index in [0.717, 1.165) is 17.7 Å².